The molecule has 3 fully saturated rings. The molecule has 2 atom stereocenters. The van der Waals surface area contributed by atoms with Crippen molar-refractivity contribution in [3.05, 3.63) is 42.5 Å². The first-order valence-electron chi connectivity index (χ1n) is 11.0. The molecule has 5 heterocycles. The summed E-state index contributed by atoms with van der Waals surface area (Å²) >= 11 is 0. The third-order valence-corrected chi connectivity index (χ3v) is 6.81. The molecule has 2 N–H and O–H groups in total. The largest absolute Gasteiger partial charge is 0.376 e. The third-order valence-electron chi connectivity index (χ3n) is 6.81. The average molecular weight is 423 g/mol. The van der Waals surface area contributed by atoms with Gasteiger partial charge in [0.2, 0.25) is 5.95 Å². The summed E-state index contributed by atoms with van der Waals surface area (Å²) < 4.78 is 20.4. The van der Waals surface area contributed by atoms with E-state index in [2.05, 4.69) is 42.7 Å². The van der Waals surface area contributed by atoms with Gasteiger partial charge in [0, 0.05) is 30.9 Å². The molecule has 0 unspecified atom stereocenters. The highest BCUT2D eigenvalue weighted by Gasteiger charge is 2.47. The van der Waals surface area contributed by atoms with E-state index in [1.54, 1.807) is 10.7 Å². The van der Waals surface area contributed by atoms with Crippen LogP contribution in [0.4, 0.5) is 21.8 Å². The number of rotatable bonds is 5. The molecule has 0 amide bonds. The van der Waals surface area contributed by atoms with Gasteiger partial charge in [-0.15, -0.1) is 5.10 Å². The molecule has 0 radical (unpaired) electrons. The molecule has 1 spiro atoms. The van der Waals surface area contributed by atoms with Crippen molar-refractivity contribution in [1.82, 2.24) is 19.6 Å². The molecule has 6 rings (SSSR count). The Labute approximate surface area is 179 Å². The van der Waals surface area contributed by atoms with E-state index in [1.165, 1.54) is 30.7 Å². The molecule has 2 aliphatic heterocycles. The highest BCUT2D eigenvalue weighted by molar-refractivity contribution is 5.53. The standard InChI is InChI=1S/C22H26FN7O/c23-15-6-9-30-20(10-15)27-21(28-30)26-17-3-2-16(11-17)25-19-5-4-18(12-24-19)29-8-1-7-22(29)13-31-14-22/h4-6,9-10,12,16-17H,1-3,7-8,11,13-14H2,(H,24,25)(H,26,28)/t16-,17-/m0/s1. The summed E-state index contributed by atoms with van der Waals surface area (Å²) in [6, 6.07) is 7.65. The number of hydrogen-bond acceptors (Lipinski definition) is 7. The van der Waals surface area contributed by atoms with Crippen LogP contribution in [0.3, 0.4) is 0 Å². The maximum absolute atomic E-state index is 13.4. The number of nitrogens with zero attached hydrogens (tertiary/aromatic N) is 5. The summed E-state index contributed by atoms with van der Waals surface area (Å²) in [5.74, 6) is 1.14. The Morgan fingerprint density at radius 3 is 2.77 bits per heavy atom. The summed E-state index contributed by atoms with van der Waals surface area (Å²) in [4.78, 5) is 11.5. The summed E-state index contributed by atoms with van der Waals surface area (Å²) in [6.07, 6.45) is 9.03. The minimum absolute atomic E-state index is 0.207. The van der Waals surface area contributed by atoms with Crippen LogP contribution in [0.15, 0.2) is 36.7 Å². The van der Waals surface area contributed by atoms with Gasteiger partial charge in [0.15, 0.2) is 5.65 Å². The van der Waals surface area contributed by atoms with E-state index in [4.69, 9.17) is 4.74 Å². The second kappa shape index (κ2) is 7.33. The van der Waals surface area contributed by atoms with E-state index in [0.717, 1.165) is 44.8 Å². The molecular weight excluding hydrogens is 397 g/mol. The molecule has 0 bridgehead atoms. The highest BCUT2D eigenvalue weighted by atomic mass is 19.1. The number of aromatic nitrogens is 4. The zero-order chi connectivity index (χ0) is 20.8. The maximum Gasteiger partial charge on any atom is 0.243 e. The zero-order valence-corrected chi connectivity index (χ0v) is 17.3. The summed E-state index contributed by atoms with van der Waals surface area (Å²) in [7, 11) is 0. The Bertz CT molecular complexity index is 1080. The van der Waals surface area contributed by atoms with Crippen molar-refractivity contribution >= 4 is 23.1 Å². The van der Waals surface area contributed by atoms with Gasteiger partial charge >= 0.3 is 0 Å². The predicted molar refractivity (Wildman–Crippen MR) is 116 cm³/mol. The van der Waals surface area contributed by atoms with Crippen LogP contribution >= 0.6 is 0 Å². The van der Waals surface area contributed by atoms with Crippen molar-refractivity contribution in [2.45, 2.75) is 49.7 Å². The Balaban J connectivity index is 1.06. The maximum atomic E-state index is 13.4. The monoisotopic (exact) mass is 423 g/mol. The van der Waals surface area contributed by atoms with E-state index < -0.39 is 0 Å². The quantitative estimate of drug-likeness (QED) is 0.653. The molecule has 2 saturated heterocycles. The molecule has 3 aromatic heterocycles. The number of ether oxygens (including phenoxy) is 1. The van der Waals surface area contributed by atoms with Gasteiger partial charge in [0.05, 0.1) is 30.6 Å². The van der Waals surface area contributed by atoms with Crippen molar-refractivity contribution in [2.75, 3.05) is 35.3 Å². The van der Waals surface area contributed by atoms with Crippen LogP contribution in [0.1, 0.15) is 32.1 Å². The third kappa shape index (κ3) is 3.46. The minimum Gasteiger partial charge on any atom is -0.376 e. The Kier molecular flexibility index (Phi) is 4.45. The lowest BCUT2D eigenvalue weighted by Gasteiger charge is -2.46. The highest BCUT2D eigenvalue weighted by Crippen LogP contribution is 2.39. The summed E-state index contributed by atoms with van der Waals surface area (Å²) in [5, 5.41) is 11.3. The first-order valence-corrected chi connectivity index (χ1v) is 11.0. The van der Waals surface area contributed by atoms with Gasteiger partial charge in [-0.3, -0.25) is 0 Å². The van der Waals surface area contributed by atoms with Crippen molar-refractivity contribution in [1.29, 1.82) is 0 Å². The Hall–Kier alpha value is -2.94. The number of halogens is 1. The van der Waals surface area contributed by atoms with E-state index >= 15 is 0 Å². The van der Waals surface area contributed by atoms with E-state index in [1.807, 2.05) is 6.20 Å². The van der Waals surface area contributed by atoms with Gasteiger partial charge in [0.25, 0.3) is 0 Å². The smallest absolute Gasteiger partial charge is 0.243 e. The fourth-order valence-electron chi connectivity index (χ4n) is 5.16. The van der Waals surface area contributed by atoms with E-state index in [9.17, 15) is 4.39 Å². The Morgan fingerprint density at radius 1 is 1.13 bits per heavy atom. The van der Waals surface area contributed by atoms with Crippen molar-refractivity contribution in [3.8, 4) is 0 Å². The normalized spacial score (nSPS) is 24.6. The number of hydrogen-bond donors (Lipinski definition) is 2. The van der Waals surface area contributed by atoms with Crippen LogP contribution in [0.2, 0.25) is 0 Å². The van der Waals surface area contributed by atoms with Crippen LogP contribution in [-0.4, -0.2) is 57.0 Å². The first-order chi connectivity index (χ1) is 15.2. The van der Waals surface area contributed by atoms with Gasteiger partial charge < -0.3 is 20.3 Å². The van der Waals surface area contributed by atoms with Crippen LogP contribution in [0, 0.1) is 5.82 Å². The van der Waals surface area contributed by atoms with Gasteiger partial charge in [-0.1, -0.05) is 0 Å². The molecule has 8 nitrogen and oxygen atoms in total. The van der Waals surface area contributed by atoms with Crippen molar-refractivity contribution in [3.63, 3.8) is 0 Å². The van der Waals surface area contributed by atoms with Crippen molar-refractivity contribution in [2.24, 2.45) is 0 Å². The predicted octanol–water partition coefficient (Wildman–Crippen LogP) is 3.08. The second-order valence-electron chi connectivity index (χ2n) is 8.95. The molecular formula is C22H26FN7O. The van der Waals surface area contributed by atoms with Crippen LogP contribution in [-0.2, 0) is 4.74 Å². The molecule has 162 valence electrons. The lowest BCUT2D eigenvalue weighted by molar-refractivity contribution is -0.0505. The van der Waals surface area contributed by atoms with Gasteiger partial charge in [-0.2, -0.15) is 4.98 Å². The average Bonchev–Trinajstić information content (AvgIpc) is 3.46. The van der Waals surface area contributed by atoms with Crippen LogP contribution < -0.4 is 15.5 Å². The topological polar surface area (TPSA) is 79.6 Å². The molecule has 3 aromatic rings. The molecule has 1 saturated carbocycles. The number of fused-ring (bicyclic) bond motifs is 1. The second-order valence-corrected chi connectivity index (χ2v) is 8.95. The molecule has 3 aliphatic rings. The van der Waals surface area contributed by atoms with Gasteiger partial charge in [-0.25, -0.2) is 13.9 Å². The molecule has 0 aromatic carbocycles. The molecule has 31 heavy (non-hydrogen) atoms. The van der Waals surface area contributed by atoms with Gasteiger partial charge in [0.1, 0.15) is 11.6 Å². The number of nitrogens with one attached hydrogen (secondary N) is 2. The molecule has 1 aliphatic carbocycles. The zero-order valence-electron chi connectivity index (χ0n) is 17.3. The first kappa shape index (κ1) is 18.8. The fraction of sp³-hybridized carbons (Fsp3) is 0.500. The minimum atomic E-state index is -0.309. The summed E-state index contributed by atoms with van der Waals surface area (Å²) in [6.45, 7) is 2.75. The van der Waals surface area contributed by atoms with Gasteiger partial charge in [-0.05, 0) is 50.3 Å². The van der Waals surface area contributed by atoms with E-state index in [-0.39, 0.29) is 17.4 Å². The van der Waals surface area contributed by atoms with Crippen LogP contribution in [0.5, 0.6) is 0 Å². The lowest BCUT2D eigenvalue weighted by Crippen LogP contribution is -2.59. The lowest BCUT2D eigenvalue weighted by atomic mass is 9.94. The van der Waals surface area contributed by atoms with E-state index in [0.29, 0.717) is 17.6 Å². The van der Waals surface area contributed by atoms with Crippen LogP contribution in [0.25, 0.3) is 5.65 Å². The number of anilines is 3. The van der Waals surface area contributed by atoms with Crippen molar-refractivity contribution < 1.29 is 9.13 Å². The SMILES string of the molecule is Fc1ccn2nc(N[C@H]3CC[C@H](Nc4ccc(N5CCCC56COC6)cn4)C3)nc2c1. The Morgan fingerprint density at radius 2 is 2.00 bits per heavy atom. The number of pyridine rings is 2. The fourth-order valence-corrected chi connectivity index (χ4v) is 5.16. The molecule has 9 heteroatoms. The summed E-state index contributed by atoms with van der Waals surface area (Å²) in [5.41, 5.74) is 1.90.